The molecule has 1 aliphatic rings. The first-order valence-electron chi connectivity index (χ1n) is 10.3. The monoisotopic (exact) mass is 465 g/mol. The fraction of sp³-hybridized carbons (Fsp3) is 0.261. The van der Waals surface area contributed by atoms with Crippen molar-refractivity contribution < 1.29 is 0 Å². The fourth-order valence-corrected chi connectivity index (χ4v) is 5.98. The predicted molar refractivity (Wildman–Crippen MR) is 132 cm³/mol. The number of para-hydroxylation sites is 1. The lowest BCUT2D eigenvalue weighted by molar-refractivity contribution is 0.226. The third kappa shape index (κ3) is 4.52. The van der Waals surface area contributed by atoms with Gasteiger partial charge in [0, 0.05) is 20.1 Å². The summed E-state index contributed by atoms with van der Waals surface area (Å²) in [7, 11) is 2.00. The lowest BCUT2D eigenvalue weighted by Gasteiger charge is -2.26. The molecule has 0 atom stereocenters. The highest BCUT2D eigenvalue weighted by Gasteiger charge is 2.16. The Hall–Kier alpha value is -2.26. The van der Waals surface area contributed by atoms with Crippen LogP contribution in [0.4, 0.5) is 0 Å². The number of fused-ring (bicyclic) bond motifs is 1. The van der Waals surface area contributed by atoms with E-state index in [0.717, 1.165) is 52.4 Å². The summed E-state index contributed by atoms with van der Waals surface area (Å²) in [6.45, 7) is 2.64. The van der Waals surface area contributed by atoms with E-state index in [4.69, 9.17) is 22.3 Å². The molecule has 0 radical (unpaired) electrons. The quantitative estimate of drug-likeness (QED) is 0.274. The van der Waals surface area contributed by atoms with Crippen LogP contribution in [0.15, 0.2) is 65.0 Å². The zero-order chi connectivity index (χ0) is 21.2. The maximum Gasteiger partial charge on any atom is 0.198 e. The van der Waals surface area contributed by atoms with Crippen molar-refractivity contribution in [2.75, 3.05) is 13.1 Å². The summed E-state index contributed by atoms with van der Waals surface area (Å²) < 4.78 is 7.02. The van der Waals surface area contributed by atoms with Crippen molar-refractivity contribution in [3.05, 3.63) is 76.8 Å². The number of thioether (sulfide) groups is 1. The molecule has 0 saturated heterocycles. The largest absolute Gasteiger partial charge is 0.306 e. The van der Waals surface area contributed by atoms with Gasteiger partial charge in [0.15, 0.2) is 9.11 Å². The minimum absolute atomic E-state index is 0.719. The Bertz CT molecular complexity index is 1250. The van der Waals surface area contributed by atoms with Crippen molar-refractivity contribution in [3.8, 4) is 0 Å². The number of nitrogens with zero attached hydrogens (tertiary/aromatic N) is 5. The molecule has 3 heterocycles. The molecular formula is C23H23N5S3. The molecule has 2 aromatic heterocycles. The Morgan fingerprint density at radius 2 is 1.90 bits per heavy atom. The maximum absolute atomic E-state index is 5.66. The molecule has 4 aromatic rings. The van der Waals surface area contributed by atoms with Gasteiger partial charge in [0.25, 0.3) is 0 Å². The molecule has 0 unspecified atom stereocenters. The van der Waals surface area contributed by atoms with Gasteiger partial charge in [0.1, 0.15) is 5.82 Å². The Morgan fingerprint density at radius 3 is 2.68 bits per heavy atom. The number of rotatable bonds is 6. The van der Waals surface area contributed by atoms with Crippen LogP contribution in [0.3, 0.4) is 0 Å². The Balaban J connectivity index is 1.24. The first-order valence-corrected chi connectivity index (χ1v) is 12.5. The van der Waals surface area contributed by atoms with Crippen molar-refractivity contribution in [1.29, 1.82) is 0 Å². The minimum Gasteiger partial charge on any atom is -0.306 e. The molecule has 31 heavy (non-hydrogen) atoms. The van der Waals surface area contributed by atoms with Gasteiger partial charge in [0.2, 0.25) is 0 Å². The smallest absolute Gasteiger partial charge is 0.198 e. The Kier molecular flexibility index (Phi) is 6.04. The van der Waals surface area contributed by atoms with Crippen LogP contribution in [0.1, 0.15) is 17.8 Å². The SMILES string of the molecule is Cn1c(CSc2nc3ccccc3s2)nn(CN2CC=C(c3ccccc3)CC2)c1=S. The number of benzene rings is 2. The van der Waals surface area contributed by atoms with Crippen LogP contribution in [0.5, 0.6) is 0 Å². The van der Waals surface area contributed by atoms with Crippen LogP contribution >= 0.6 is 35.3 Å². The molecular weight excluding hydrogens is 442 g/mol. The Morgan fingerprint density at radius 1 is 1.10 bits per heavy atom. The summed E-state index contributed by atoms with van der Waals surface area (Å²) in [6, 6.07) is 18.9. The van der Waals surface area contributed by atoms with Crippen molar-refractivity contribution in [3.63, 3.8) is 0 Å². The van der Waals surface area contributed by atoms with Gasteiger partial charge in [-0.1, -0.05) is 60.3 Å². The first-order chi connectivity index (χ1) is 15.2. The molecule has 0 bridgehead atoms. The van der Waals surface area contributed by atoms with E-state index in [0.29, 0.717) is 0 Å². The van der Waals surface area contributed by atoms with Crippen LogP contribution in [0, 0.1) is 4.77 Å². The molecule has 0 amide bonds. The van der Waals surface area contributed by atoms with Gasteiger partial charge in [-0.3, -0.25) is 4.90 Å². The maximum atomic E-state index is 5.66. The van der Waals surface area contributed by atoms with E-state index < -0.39 is 0 Å². The standard InChI is InChI=1S/C23H23N5S3/c1-26-21(15-30-22-24-19-9-5-6-10-20(19)31-22)25-28(23(26)29)16-27-13-11-18(12-14-27)17-7-3-2-4-8-17/h2-11H,12-16H2,1H3. The van der Waals surface area contributed by atoms with E-state index in [9.17, 15) is 0 Å². The molecule has 5 rings (SSSR count). The number of aromatic nitrogens is 4. The molecule has 8 heteroatoms. The molecule has 2 aromatic carbocycles. The summed E-state index contributed by atoms with van der Waals surface area (Å²) in [5.41, 5.74) is 3.81. The Labute approximate surface area is 195 Å². The lowest BCUT2D eigenvalue weighted by atomic mass is 10.00. The van der Waals surface area contributed by atoms with Gasteiger partial charge < -0.3 is 4.57 Å². The third-order valence-corrected chi connectivity index (χ3v) is 8.16. The average molecular weight is 466 g/mol. The molecule has 1 aliphatic heterocycles. The van der Waals surface area contributed by atoms with Crippen LogP contribution < -0.4 is 0 Å². The number of thiazole rings is 1. The summed E-state index contributed by atoms with van der Waals surface area (Å²) >= 11 is 9.11. The van der Waals surface area contributed by atoms with E-state index in [-0.39, 0.29) is 0 Å². The van der Waals surface area contributed by atoms with E-state index in [1.807, 2.05) is 22.4 Å². The van der Waals surface area contributed by atoms with Crippen molar-refractivity contribution in [2.24, 2.45) is 7.05 Å². The molecule has 0 aliphatic carbocycles. The van der Waals surface area contributed by atoms with Crippen LogP contribution in [-0.4, -0.2) is 37.3 Å². The highest BCUT2D eigenvalue weighted by molar-refractivity contribution is 8.00. The van der Waals surface area contributed by atoms with E-state index in [2.05, 4.69) is 59.5 Å². The molecule has 158 valence electrons. The van der Waals surface area contributed by atoms with Crippen LogP contribution in [0.25, 0.3) is 15.8 Å². The van der Waals surface area contributed by atoms with Gasteiger partial charge in [-0.05, 0) is 41.9 Å². The van der Waals surface area contributed by atoms with Crippen LogP contribution in [-0.2, 0) is 19.5 Å². The third-order valence-electron chi connectivity index (χ3n) is 5.50. The van der Waals surface area contributed by atoms with Crippen molar-refractivity contribution in [1.82, 2.24) is 24.2 Å². The summed E-state index contributed by atoms with van der Waals surface area (Å²) in [5, 5.41) is 4.82. The predicted octanol–water partition coefficient (Wildman–Crippen LogP) is 5.60. The van der Waals surface area contributed by atoms with E-state index >= 15 is 0 Å². The second-order valence-electron chi connectivity index (χ2n) is 7.56. The molecule has 0 fully saturated rings. The normalized spacial score (nSPS) is 14.8. The first kappa shape index (κ1) is 20.6. The summed E-state index contributed by atoms with van der Waals surface area (Å²) in [4.78, 5) is 7.10. The topological polar surface area (TPSA) is 38.9 Å². The fourth-order valence-electron chi connectivity index (χ4n) is 3.73. The van der Waals surface area contributed by atoms with Crippen molar-refractivity contribution >= 4 is 51.1 Å². The highest BCUT2D eigenvalue weighted by atomic mass is 32.2. The average Bonchev–Trinajstić information content (AvgIpc) is 3.35. The molecule has 0 saturated carbocycles. The van der Waals surface area contributed by atoms with E-state index in [1.165, 1.54) is 15.8 Å². The molecule has 5 nitrogen and oxygen atoms in total. The van der Waals surface area contributed by atoms with Gasteiger partial charge in [-0.15, -0.1) is 11.3 Å². The van der Waals surface area contributed by atoms with Crippen molar-refractivity contribution in [2.45, 2.75) is 23.2 Å². The van der Waals surface area contributed by atoms with Crippen LogP contribution in [0.2, 0.25) is 0 Å². The number of hydrogen-bond donors (Lipinski definition) is 0. The van der Waals surface area contributed by atoms with Gasteiger partial charge in [-0.2, -0.15) is 5.10 Å². The summed E-state index contributed by atoms with van der Waals surface area (Å²) in [6.07, 6.45) is 3.37. The lowest BCUT2D eigenvalue weighted by Crippen LogP contribution is -2.31. The molecule has 0 spiro atoms. The zero-order valence-electron chi connectivity index (χ0n) is 17.3. The zero-order valence-corrected chi connectivity index (χ0v) is 19.7. The van der Waals surface area contributed by atoms with Gasteiger partial charge in [0.05, 0.1) is 22.6 Å². The second kappa shape index (κ2) is 9.08. The van der Waals surface area contributed by atoms with Gasteiger partial charge in [-0.25, -0.2) is 9.67 Å². The van der Waals surface area contributed by atoms with E-state index in [1.54, 1.807) is 23.1 Å². The minimum atomic E-state index is 0.719. The summed E-state index contributed by atoms with van der Waals surface area (Å²) in [5.74, 6) is 1.73. The molecule has 0 N–H and O–H groups in total. The highest BCUT2D eigenvalue weighted by Crippen LogP contribution is 2.31. The van der Waals surface area contributed by atoms with Gasteiger partial charge >= 0.3 is 0 Å². The second-order valence-corrected chi connectivity index (χ2v) is 10.2. The number of hydrogen-bond acceptors (Lipinski definition) is 6.